The molecule has 2 rings (SSSR count). The molecule has 1 unspecified atom stereocenters. The molecule has 0 spiro atoms. The van der Waals surface area contributed by atoms with Gasteiger partial charge in [-0.2, -0.15) is 0 Å². The second-order valence-corrected chi connectivity index (χ2v) is 4.54. The summed E-state index contributed by atoms with van der Waals surface area (Å²) in [6, 6.07) is 0. The van der Waals surface area contributed by atoms with Crippen LogP contribution in [0, 0.1) is 5.92 Å². The molecule has 1 aliphatic heterocycles. The molecule has 1 atom stereocenters. The predicted molar refractivity (Wildman–Crippen MR) is 70.0 cm³/mol. The summed E-state index contributed by atoms with van der Waals surface area (Å²) in [5, 5.41) is 3.22. The van der Waals surface area contributed by atoms with Crippen molar-refractivity contribution in [3.05, 3.63) is 18.1 Å². The highest BCUT2D eigenvalue weighted by Gasteiger charge is 2.14. The zero-order chi connectivity index (χ0) is 12.1. The standard InChI is InChI=1S/C11H16N4OS/c12-11(17)9-5-15-10(6-14-9)13-3-1-8-2-4-16-7-8/h5-6,8H,1-4,7H2,(H2,12,17)(H,13,15). The Bertz CT molecular complexity index is 376. The highest BCUT2D eigenvalue weighted by Crippen LogP contribution is 2.16. The van der Waals surface area contributed by atoms with Crippen molar-refractivity contribution in [3.8, 4) is 0 Å². The van der Waals surface area contributed by atoms with Crippen LogP contribution < -0.4 is 11.1 Å². The van der Waals surface area contributed by atoms with Crippen LogP contribution in [0.15, 0.2) is 12.4 Å². The molecule has 0 bridgehead atoms. The zero-order valence-electron chi connectivity index (χ0n) is 9.56. The second-order valence-electron chi connectivity index (χ2n) is 4.10. The van der Waals surface area contributed by atoms with Gasteiger partial charge in [0.05, 0.1) is 12.4 Å². The van der Waals surface area contributed by atoms with Crippen LogP contribution in [0.1, 0.15) is 18.5 Å². The van der Waals surface area contributed by atoms with Gasteiger partial charge in [0.15, 0.2) is 0 Å². The quantitative estimate of drug-likeness (QED) is 0.760. The third-order valence-corrected chi connectivity index (χ3v) is 3.00. The van der Waals surface area contributed by atoms with Crippen molar-refractivity contribution in [3.63, 3.8) is 0 Å². The molecule has 5 nitrogen and oxygen atoms in total. The Morgan fingerprint density at radius 3 is 3.00 bits per heavy atom. The monoisotopic (exact) mass is 252 g/mol. The van der Waals surface area contributed by atoms with E-state index in [1.807, 2.05) is 0 Å². The number of nitrogens with zero attached hydrogens (tertiary/aromatic N) is 2. The predicted octanol–water partition coefficient (Wildman–Crippen LogP) is 0.949. The molecular formula is C11H16N4OS. The van der Waals surface area contributed by atoms with Gasteiger partial charge in [-0.05, 0) is 18.8 Å². The summed E-state index contributed by atoms with van der Waals surface area (Å²) in [5.74, 6) is 1.43. The molecule has 1 saturated heterocycles. The number of ether oxygens (including phenoxy) is 1. The molecule has 1 aliphatic rings. The summed E-state index contributed by atoms with van der Waals surface area (Å²) < 4.78 is 5.32. The Hall–Kier alpha value is -1.27. The number of thiocarbonyl (C=S) groups is 1. The lowest BCUT2D eigenvalue weighted by molar-refractivity contribution is 0.185. The molecule has 0 aliphatic carbocycles. The SMILES string of the molecule is NC(=S)c1cnc(NCCC2CCOC2)cn1. The molecule has 92 valence electrons. The van der Waals surface area contributed by atoms with Gasteiger partial charge in [-0.3, -0.25) is 0 Å². The second kappa shape index (κ2) is 5.88. The smallest absolute Gasteiger partial charge is 0.144 e. The molecule has 2 heterocycles. The molecule has 1 aromatic heterocycles. The van der Waals surface area contributed by atoms with Gasteiger partial charge in [-0.25, -0.2) is 9.97 Å². The maximum atomic E-state index is 5.44. The van der Waals surface area contributed by atoms with E-state index in [0.717, 1.165) is 38.4 Å². The maximum absolute atomic E-state index is 5.44. The van der Waals surface area contributed by atoms with Crippen LogP contribution in [0.25, 0.3) is 0 Å². The van der Waals surface area contributed by atoms with Gasteiger partial charge in [-0.15, -0.1) is 0 Å². The van der Waals surface area contributed by atoms with Gasteiger partial charge < -0.3 is 15.8 Å². The largest absolute Gasteiger partial charge is 0.388 e. The lowest BCUT2D eigenvalue weighted by Crippen LogP contribution is -2.13. The fraction of sp³-hybridized carbons (Fsp3) is 0.545. The summed E-state index contributed by atoms with van der Waals surface area (Å²) in [6.45, 7) is 2.66. The first-order valence-electron chi connectivity index (χ1n) is 5.69. The van der Waals surface area contributed by atoms with Crippen LogP contribution >= 0.6 is 12.2 Å². The fourth-order valence-electron chi connectivity index (χ4n) is 1.76. The number of nitrogens with two attached hydrogens (primary N) is 1. The van der Waals surface area contributed by atoms with E-state index in [1.165, 1.54) is 0 Å². The van der Waals surface area contributed by atoms with Gasteiger partial charge in [0.25, 0.3) is 0 Å². The minimum atomic E-state index is 0.271. The molecule has 17 heavy (non-hydrogen) atoms. The van der Waals surface area contributed by atoms with Gasteiger partial charge in [0.1, 0.15) is 16.5 Å². The number of nitrogens with one attached hydrogen (secondary N) is 1. The summed E-state index contributed by atoms with van der Waals surface area (Å²) in [4.78, 5) is 8.57. The van der Waals surface area contributed by atoms with Crippen molar-refractivity contribution in [2.24, 2.45) is 11.7 Å². The Morgan fingerprint density at radius 2 is 2.41 bits per heavy atom. The molecule has 6 heteroatoms. The van der Waals surface area contributed by atoms with Crippen molar-refractivity contribution >= 4 is 23.0 Å². The lowest BCUT2D eigenvalue weighted by Gasteiger charge is -2.09. The Morgan fingerprint density at radius 1 is 1.53 bits per heavy atom. The molecule has 3 N–H and O–H groups in total. The van der Waals surface area contributed by atoms with Crippen molar-refractivity contribution in [1.29, 1.82) is 0 Å². The summed E-state index contributed by atoms with van der Waals surface area (Å²) in [5.41, 5.74) is 5.99. The van der Waals surface area contributed by atoms with Gasteiger partial charge >= 0.3 is 0 Å². The number of aromatic nitrogens is 2. The Kier molecular flexibility index (Phi) is 4.22. The van der Waals surface area contributed by atoms with Gasteiger partial charge in [0.2, 0.25) is 0 Å². The van der Waals surface area contributed by atoms with Crippen LogP contribution in [0.3, 0.4) is 0 Å². The highest BCUT2D eigenvalue weighted by atomic mass is 32.1. The molecular weight excluding hydrogens is 236 g/mol. The zero-order valence-corrected chi connectivity index (χ0v) is 10.4. The first-order chi connectivity index (χ1) is 8.25. The van der Waals surface area contributed by atoms with Crippen LogP contribution in [0.2, 0.25) is 0 Å². The molecule has 0 aromatic carbocycles. The summed E-state index contributed by atoms with van der Waals surface area (Å²) >= 11 is 4.81. The van der Waals surface area contributed by atoms with E-state index in [0.29, 0.717) is 11.6 Å². The average molecular weight is 252 g/mol. The number of anilines is 1. The van der Waals surface area contributed by atoms with Crippen molar-refractivity contribution in [2.75, 3.05) is 25.1 Å². The molecule has 1 fully saturated rings. The topological polar surface area (TPSA) is 73.1 Å². The van der Waals surface area contributed by atoms with Crippen molar-refractivity contribution < 1.29 is 4.74 Å². The van der Waals surface area contributed by atoms with E-state index < -0.39 is 0 Å². The number of rotatable bonds is 5. The van der Waals surface area contributed by atoms with Gasteiger partial charge in [-0.1, -0.05) is 12.2 Å². The number of hydrogen-bond acceptors (Lipinski definition) is 5. The van der Waals surface area contributed by atoms with E-state index in [2.05, 4.69) is 15.3 Å². The van der Waals surface area contributed by atoms with Crippen LogP contribution in [-0.2, 0) is 4.74 Å². The maximum Gasteiger partial charge on any atom is 0.144 e. The Labute approximate surface area is 106 Å². The first kappa shape index (κ1) is 12.2. The average Bonchev–Trinajstić information content (AvgIpc) is 2.83. The van der Waals surface area contributed by atoms with E-state index in [4.69, 9.17) is 22.7 Å². The van der Waals surface area contributed by atoms with E-state index in [9.17, 15) is 0 Å². The van der Waals surface area contributed by atoms with Gasteiger partial charge in [0, 0.05) is 19.8 Å². The van der Waals surface area contributed by atoms with Crippen LogP contribution in [0.4, 0.5) is 5.82 Å². The minimum absolute atomic E-state index is 0.271. The molecule has 0 amide bonds. The first-order valence-corrected chi connectivity index (χ1v) is 6.10. The molecule has 0 saturated carbocycles. The third kappa shape index (κ3) is 3.61. The van der Waals surface area contributed by atoms with E-state index in [-0.39, 0.29) is 4.99 Å². The van der Waals surface area contributed by atoms with Crippen LogP contribution in [-0.4, -0.2) is 34.7 Å². The number of hydrogen-bond donors (Lipinski definition) is 2. The minimum Gasteiger partial charge on any atom is -0.388 e. The van der Waals surface area contributed by atoms with E-state index in [1.54, 1.807) is 12.4 Å². The fourth-order valence-corrected chi connectivity index (χ4v) is 1.87. The van der Waals surface area contributed by atoms with Crippen molar-refractivity contribution in [1.82, 2.24) is 9.97 Å². The van der Waals surface area contributed by atoms with Crippen LogP contribution in [0.5, 0.6) is 0 Å². The normalized spacial score (nSPS) is 19.2. The highest BCUT2D eigenvalue weighted by molar-refractivity contribution is 7.80. The molecule has 1 aromatic rings. The van der Waals surface area contributed by atoms with Crippen molar-refractivity contribution in [2.45, 2.75) is 12.8 Å². The van der Waals surface area contributed by atoms with E-state index >= 15 is 0 Å². The molecule has 0 radical (unpaired) electrons. The summed E-state index contributed by atoms with van der Waals surface area (Å²) in [7, 11) is 0. The summed E-state index contributed by atoms with van der Waals surface area (Å²) in [6.07, 6.45) is 5.50. The third-order valence-electron chi connectivity index (χ3n) is 2.79. The lowest BCUT2D eigenvalue weighted by atomic mass is 10.1. The Balaban J connectivity index is 1.76.